The highest BCUT2D eigenvalue weighted by molar-refractivity contribution is 7.18. The molecule has 0 spiro atoms. The Labute approximate surface area is 131 Å². The molecule has 0 bridgehead atoms. The molecule has 3 rings (SSSR count). The Morgan fingerprint density at radius 3 is 2.64 bits per heavy atom. The number of rotatable bonds is 4. The van der Waals surface area contributed by atoms with Crippen LogP contribution in [0.25, 0.3) is 10.2 Å². The van der Waals surface area contributed by atoms with Crippen molar-refractivity contribution in [3.63, 3.8) is 0 Å². The number of hydrogen-bond acceptors (Lipinski definition) is 4. The zero-order valence-corrected chi connectivity index (χ0v) is 13.2. The second-order valence-electron chi connectivity index (χ2n) is 5.65. The Bertz CT molecular complexity index is 647. The molecule has 1 saturated carbocycles. The minimum atomic E-state index is -4.19. The van der Waals surface area contributed by atoms with Crippen molar-refractivity contribution < 1.29 is 13.2 Å². The third kappa shape index (κ3) is 3.19. The third-order valence-electron chi connectivity index (χ3n) is 4.11. The van der Waals surface area contributed by atoms with Gasteiger partial charge in [-0.1, -0.05) is 12.8 Å². The first kappa shape index (κ1) is 15.5. The van der Waals surface area contributed by atoms with Gasteiger partial charge in [0.05, 0.1) is 11.8 Å². The Hall–Kier alpha value is -1.37. The van der Waals surface area contributed by atoms with Crippen molar-refractivity contribution in [3.05, 3.63) is 17.3 Å². The molecule has 1 aliphatic carbocycles. The van der Waals surface area contributed by atoms with E-state index in [1.807, 2.05) is 0 Å². The molecule has 0 saturated heterocycles. The highest BCUT2D eigenvalue weighted by atomic mass is 32.1. The first-order valence-corrected chi connectivity index (χ1v) is 8.36. The zero-order valence-electron chi connectivity index (χ0n) is 12.4. The average molecular weight is 329 g/mol. The molecule has 2 heterocycles. The summed E-state index contributed by atoms with van der Waals surface area (Å²) in [6.45, 7) is 2.87. The molecule has 0 N–H and O–H groups in total. The van der Waals surface area contributed by atoms with Gasteiger partial charge in [-0.25, -0.2) is 9.97 Å². The van der Waals surface area contributed by atoms with Gasteiger partial charge in [0.15, 0.2) is 0 Å². The monoisotopic (exact) mass is 329 g/mol. The van der Waals surface area contributed by atoms with Gasteiger partial charge in [0.2, 0.25) is 0 Å². The summed E-state index contributed by atoms with van der Waals surface area (Å²) < 4.78 is 37.8. The van der Waals surface area contributed by atoms with Crippen LogP contribution in [0.1, 0.15) is 37.5 Å². The number of aromatic nitrogens is 2. The van der Waals surface area contributed by atoms with E-state index in [9.17, 15) is 13.2 Å². The van der Waals surface area contributed by atoms with Crippen LogP contribution >= 0.6 is 11.3 Å². The summed E-state index contributed by atoms with van der Waals surface area (Å²) in [7, 11) is 0. The topological polar surface area (TPSA) is 29.0 Å². The number of nitrogens with zero attached hydrogens (tertiary/aromatic N) is 3. The van der Waals surface area contributed by atoms with Crippen molar-refractivity contribution >= 4 is 27.4 Å². The summed E-state index contributed by atoms with van der Waals surface area (Å²) in [5.41, 5.74) is 0. The minimum Gasteiger partial charge on any atom is -0.353 e. The van der Waals surface area contributed by atoms with Crippen molar-refractivity contribution in [1.82, 2.24) is 9.97 Å². The Morgan fingerprint density at radius 2 is 2.00 bits per heavy atom. The molecule has 0 amide bonds. The molecule has 0 aliphatic heterocycles. The molecule has 0 aromatic carbocycles. The van der Waals surface area contributed by atoms with E-state index >= 15 is 0 Å². The maximum atomic E-state index is 12.6. The van der Waals surface area contributed by atoms with E-state index < -0.39 is 12.6 Å². The number of thiophene rings is 1. The molecule has 0 unspecified atom stereocenters. The van der Waals surface area contributed by atoms with Crippen molar-refractivity contribution in [2.45, 2.75) is 51.2 Å². The number of anilines is 1. The standard InChI is InChI=1S/C15H18F3N3S/c1-2-21(10-5-3-4-6-10)13-12-7-11(8-15(16,17)18)22-14(12)20-9-19-13/h7,9-10H,2-6,8H2,1H3. The Balaban J connectivity index is 1.98. The van der Waals surface area contributed by atoms with Crippen LogP contribution in [-0.2, 0) is 6.42 Å². The maximum absolute atomic E-state index is 12.6. The minimum absolute atomic E-state index is 0.298. The quantitative estimate of drug-likeness (QED) is 0.823. The van der Waals surface area contributed by atoms with Gasteiger partial charge in [-0.3, -0.25) is 0 Å². The summed E-state index contributed by atoms with van der Waals surface area (Å²) >= 11 is 1.11. The molecule has 3 nitrogen and oxygen atoms in total. The van der Waals surface area contributed by atoms with Crippen LogP contribution in [0.3, 0.4) is 0 Å². The normalized spacial score (nSPS) is 16.5. The highest BCUT2D eigenvalue weighted by Gasteiger charge is 2.30. The van der Waals surface area contributed by atoms with Crippen LogP contribution in [0.15, 0.2) is 12.4 Å². The molecule has 2 aromatic rings. The van der Waals surface area contributed by atoms with Crippen LogP contribution in [0.5, 0.6) is 0 Å². The van der Waals surface area contributed by atoms with Crippen molar-refractivity contribution in [2.75, 3.05) is 11.4 Å². The van der Waals surface area contributed by atoms with Gasteiger partial charge >= 0.3 is 6.18 Å². The van der Waals surface area contributed by atoms with Gasteiger partial charge in [-0.2, -0.15) is 13.2 Å². The largest absolute Gasteiger partial charge is 0.393 e. The maximum Gasteiger partial charge on any atom is 0.393 e. The molecule has 120 valence electrons. The average Bonchev–Trinajstić information content (AvgIpc) is 3.06. The van der Waals surface area contributed by atoms with E-state index in [1.54, 1.807) is 6.07 Å². The smallest absolute Gasteiger partial charge is 0.353 e. The van der Waals surface area contributed by atoms with E-state index in [0.29, 0.717) is 15.7 Å². The SMILES string of the molecule is CCN(c1ncnc2sc(CC(F)(F)F)cc12)C1CCCC1. The first-order chi connectivity index (χ1) is 10.5. The van der Waals surface area contributed by atoms with Crippen LogP contribution < -0.4 is 4.90 Å². The second kappa shape index (κ2) is 6.02. The van der Waals surface area contributed by atoms with Crippen molar-refractivity contribution in [3.8, 4) is 0 Å². The molecule has 1 aliphatic rings. The number of fused-ring (bicyclic) bond motifs is 1. The lowest BCUT2D eigenvalue weighted by Crippen LogP contribution is -2.33. The Morgan fingerprint density at radius 1 is 1.27 bits per heavy atom. The summed E-state index contributed by atoms with van der Waals surface area (Å²) in [5.74, 6) is 0.782. The number of hydrogen-bond donors (Lipinski definition) is 0. The fourth-order valence-corrected chi connectivity index (χ4v) is 4.22. The second-order valence-corrected chi connectivity index (χ2v) is 6.76. The number of halogens is 3. The predicted octanol–water partition coefficient (Wildman–Crippen LogP) is 4.57. The lowest BCUT2D eigenvalue weighted by Gasteiger charge is -2.29. The van der Waals surface area contributed by atoms with E-state index in [2.05, 4.69) is 21.8 Å². The molecule has 1 fully saturated rings. The molecule has 7 heteroatoms. The molecule has 0 radical (unpaired) electrons. The van der Waals surface area contributed by atoms with Crippen LogP contribution in [0.4, 0.5) is 19.0 Å². The van der Waals surface area contributed by atoms with Crippen LogP contribution in [0, 0.1) is 0 Å². The van der Waals surface area contributed by atoms with Crippen LogP contribution in [0.2, 0.25) is 0 Å². The molecule has 22 heavy (non-hydrogen) atoms. The summed E-state index contributed by atoms with van der Waals surface area (Å²) in [4.78, 5) is 11.7. The fourth-order valence-electron chi connectivity index (χ4n) is 3.20. The van der Waals surface area contributed by atoms with Gasteiger partial charge in [-0.05, 0) is 25.8 Å². The van der Waals surface area contributed by atoms with Gasteiger partial charge in [0.1, 0.15) is 17.0 Å². The Kier molecular flexibility index (Phi) is 4.25. The summed E-state index contributed by atoms with van der Waals surface area (Å²) in [6, 6.07) is 2.05. The number of alkyl halides is 3. The zero-order chi connectivity index (χ0) is 15.7. The van der Waals surface area contributed by atoms with E-state index in [-0.39, 0.29) is 0 Å². The molecule has 2 aromatic heterocycles. The fraction of sp³-hybridized carbons (Fsp3) is 0.600. The van der Waals surface area contributed by atoms with E-state index in [0.717, 1.165) is 41.9 Å². The predicted molar refractivity (Wildman–Crippen MR) is 82.5 cm³/mol. The van der Waals surface area contributed by atoms with Crippen LogP contribution in [-0.4, -0.2) is 28.7 Å². The lowest BCUT2D eigenvalue weighted by molar-refractivity contribution is -0.126. The van der Waals surface area contributed by atoms with Gasteiger partial charge < -0.3 is 4.90 Å². The van der Waals surface area contributed by atoms with E-state index in [1.165, 1.54) is 19.2 Å². The van der Waals surface area contributed by atoms with Crippen molar-refractivity contribution in [1.29, 1.82) is 0 Å². The van der Waals surface area contributed by atoms with Gasteiger partial charge in [0.25, 0.3) is 0 Å². The van der Waals surface area contributed by atoms with Crippen molar-refractivity contribution in [2.24, 2.45) is 0 Å². The van der Waals surface area contributed by atoms with Gasteiger partial charge in [-0.15, -0.1) is 11.3 Å². The summed E-state index contributed by atoms with van der Waals surface area (Å²) in [5, 5.41) is 0.750. The molecule has 0 atom stereocenters. The molecular formula is C15H18F3N3S. The lowest BCUT2D eigenvalue weighted by atomic mass is 10.2. The highest BCUT2D eigenvalue weighted by Crippen LogP contribution is 2.36. The van der Waals surface area contributed by atoms with E-state index in [4.69, 9.17) is 0 Å². The molecular weight excluding hydrogens is 311 g/mol. The summed E-state index contributed by atoms with van der Waals surface area (Å²) in [6.07, 6.45) is 1.03. The third-order valence-corrected chi connectivity index (χ3v) is 5.16. The first-order valence-electron chi connectivity index (χ1n) is 7.54. The van der Waals surface area contributed by atoms with Gasteiger partial charge in [0, 0.05) is 17.5 Å².